The van der Waals surface area contributed by atoms with E-state index >= 15 is 0 Å². The van der Waals surface area contributed by atoms with E-state index in [1.54, 1.807) is 49.1 Å². The Morgan fingerprint density at radius 1 is 0.977 bits per heavy atom. The third kappa shape index (κ3) is 13.4. The average molecular weight is 601 g/mol. The van der Waals surface area contributed by atoms with Crippen LogP contribution in [0.5, 0.6) is 0 Å². The first kappa shape index (κ1) is 34.8. The number of hydrogen-bond acceptors (Lipinski definition) is 7. The molecular weight excluding hydrogens is 556 g/mol. The maximum absolute atomic E-state index is 13.3. The van der Waals surface area contributed by atoms with Gasteiger partial charge in [0.25, 0.3) is 0 Å². The Kier molecular flexibility index (Phi) is 14.7. The predicted molar refractivity (Wildman–Crippen MR) is 160 cm³/mol. The van der Waals surface area contributed by atoms with Crippen LogP contribution in [-0.4, -0.2) is 72.2 Å². The molecule has 0 saturated heterocycles. The molecule has 1 aromatic rings. The fraction of sp³-hybridized carbons (Fsp3) is 0.533. The highest BCUT2D eigenvalue weighted by molar-refractivity contribution is 5.98. The lowest BCUT2D eigenvalue weighted by atomic mass is 10.0. The van der Waals surface area contributed by atoms with E-state index in [0.717, 1.165) is 18.4 Å². The van der Waals surface area contributed by atoms with Crippen LogP contribution in [0.25, 0.3) is 0 Å². The third-order valence-corrected chi connectivity index (χ3v) is 6.76. The maximum atomic E-state index is 13.3. The van der Waals surface area contributed by atoms with Gasteiger partial charge in [-0.1, -0.05) is 38.5 Å². The second-order valence-corrected chi connectivity index (χ2v) is 10.7. The van der Waals surface area contributed by atoms with Crippen molar-refractivity contribution in [2.75, 3.05) is 25.0 Å². The first-order chi connectivity index (χ1) is 20.5. The van der Waals surface area contributed by atoms with Gasteiger partial charge in [0.05, 0.1) is 0 Å². The van der Waals surface area contributed by atoms with Gasteiger partial charge >= 0.3 is 12.0 Å². The number of esters is 1. The second kappa shape index (κ2) is 18.2. The lowest BCUT2D eigenvalue weighted by Crippen LogP contribution is -2.54. The Bertz CT molecular complexity index is 1150. The minimum Gasteiger partial charge on any atom is -0.461 e. The summed E-state index contributed by atoms with van der Waals surface area (Å²) in [5, 5.41) is 10.8. The van der Waals surface area contributed by atoms with Crippen LogP contribution in [0, 0.1) is 5.92 Å². The highest BCUT2D eigenvalue weighted by Gasteiger charge is 2.28. The second-order valence-electron chi connectivity index (χ2n) is 10.7. The molecule has 0 fully saturated rings. The summed E-state index contributed by atoms with van der Waals surface area (Å²) in [6, 6.07) is 4.21. The van der Waals surface area contributed by atoms with Gasteiger partial charge in [0.15, 0.2) is 0 Å². The van der Waals surface area contributed by atoms with E-state index in [-0.39, 0.29) is 43.7 Å². The van der Waals surface area contributed by atoms with Gasteiger partial charge < -0.3 is 36.6 Å². The number of carbonyl (C=O) groups is 6. The number of urea groups is 1. The first-order valence-electron chi connectivity index (χ1n) is 14.6. The molecule has 0 aliphatic carbocycles. The summed E-state index contributed by atoms with van der Waals surface area (Å²) >= 11 is 0. The van der Waals surface area contributed by atoms with Gasteiger partial charge in [-0.2, -0.15) is 0 Å². The zero-order valence-electron chi connectivity index (χ0n) is 25.1. The van der Waals surface area contributed by atoms with Crippen LogP contribution >= 0.6 is 0 Å². The number of primary amides is 1. The zero-order valence-corrected chi connectivity index (χ0v) is 25.1. The van der Waals surface area contributed by atoms with Crippen molar-refractivity contribution in [1.82, 2.24) is 20.9 Å². The van der Waals surface area contributed by atoms with E-state index in [4.69, 9.17) is 10.5 Å². The number of hydrogen-bond donors (Lipinski definition) is 5. The summed E-state index contributed by atoms with van der Waals surface area (Å²) in [5.41, 5.74) is 6.34. The zero-order chi connectivity index (χ0) is 31.8. The van der Waals surface area contributed by atoms with Gasteiger partial charge in [-0.3, -0.25) is 24.0 Å². The quantitative estimate of drug-likeness (QED) is 0.125. The molecule has 0 aromatic heterocycles. The molecule has 236 valence electrons. The molecule has 1 aliphatic rings. The molecule has 13 nitrogen and oxygen atoms in total. The van der Waals surface area contributed by atoms with Crippen LogP contribution < -0.4 is 27.0 Å². The Morgan fingerprint density at radius 3 is 2.30 bits per heavy atom. The number of unbranched alkanes of at least 4 members (excludes halogenated alkanes) is 2. The molecule has 1 heterocycles. The molecule has 1 aliphatic heterocycles. The van der Waals surface area contributed by atoms with Crippen LogP contribution in [0.2, 0.25) is 0 Å². The molecule has 6 N–H and O–H groups in total. The van der Waals surface area contributed by atoms with Gasteiger partial charge in [-0.15, -0.1) is 0 Å². The smallest absolute Gasteiger partial charge is 0.312 e. The third-order valence-electron chi connectivity index (χ3n) is 6.76. The average Bonchev–Trinajstić information content (AvgIpc) is 3.36. The van der Waals surface area contributed by atoms with E-state index in [2.05, 4.69) is 21.3 Å². The number of nitrogens with one attached hydrogen (secondary N) is 4. The molecule has 0 saturated carbocycles. The number of nitrogens with zero attached hydrogens (tertiary/aromatic N) is 1. The standard InChI is InChI=1S/C30H44N6O7/c1-20(2)27(35-25(38)10-5-4-6-17-36-18-8-11-26(36)39)29(41)34-24(9-7-16-32-30(31)42)28(40)33-23-14-12-22(13-15-23)19-43-21(3)37/h8,11-15,20,24,27H,4-7,9-10,16-19H2,1-3H3,(H,33,40)(H,34,41)(H,35,38)(H3,31,32,42)/t24-,27-/m0/s1. The van der Waals surface area contributed by atoms with E-state index < -0.39 is 35.9 Å². The van der Waals surface area contributed by atoms with Gasteiger partial charge in [-0.25, -0.2) is 4.79 Å². The van der Waals surface area contributed by atoms with Crippen molar-refractivity contribution in [3.8, 4) is 0 Å². The van der Waals surface area contributed by atoms with Crippen molar-refractivity contribution >= 4 is 41.3 Å². The largest absolute Gasteiger partial charge is 0.461 e. The Hall–Kier alpha value is -4.42. The van der Waals surface area contributed by atoms with Crippen molar-refractivity contribution in [2.45, 2.75) is 78.0 Å². The molecule has 13 heteroatoms. The summed E-state index contributed by atoms with van der Waals surface area (Å²) in [5.74, 6) is -1.88. The molecule has 0 radical (unpaired) electrons. The number of anilines is 1. The lowest BCUT2D eigenvalue weighted by Gasteiger charge is -2.25. The van der Waals surface area contributed by atoms with Gasteiger partial charge in [0.2, 0.25) is 23.6 Å². The number of benzene rings is 1. The number of rotatable bonds is 18. The maximum Gasteiger partial charge on any atom is 0.312 e. The van der Waals surface area contributed by atoms with Gasteiger partial charge in [0.1, 0.15) is 18.7 Å². The van der Waals surface area contributed by atoms with Gasteiger partial charge in [-0.05, 0) is 49.3 Å². The van der Waals surface area contributed by atoms with Crippen LogP contribution in [0.1, 0.15) is 64.9 Å². The molecule has 1 aromatic carbocycles. The van der Waals surface area contributed by atoms with Crippen molar-refractivity contribution in [3.05, 3.63) is 42.0 Å². The number of ether oxygens (including phenoxy) is 1. The summed E-state index contributed by atoms with van der Waals surface area (Å²) in [6.45, 7) is 6.50. The molecular formula is C30H44N6O7. The molecule has 0 bridgehead atoms. The first-order valence-corrected chi connectivity index (χ1v) is 14.6. The highest BCUT2D eigenvalue weighted by atomic mass is 16.5. The number of amides is 6. The minimum atomic E-state index is -0.955. The fourth-order valence-electron chi connectivity index (χ4n) is 4.37. The molecule has 43 heavy (non-hydrogen) atoms. The molecule has 0 unspecified atom stereocenters. The van der Waals surface area contributed by atoms with Crippen molar-refractivity contribution < 1.29 is 33.5 Å². The Labute approximate surface area is 252 Å². The Balaban J connectivity index is 1.93. The molecule has 6 amide bonds. The SMILES string of the molecule is CC(=O)OCc1ccc(NC(=O)[C@H](CCCNC(N)=O)NC(=O)[C@@H](NC(=O)CCCCCN2CC=CC2=O)C(C)C)cc1. The Morgan fingerprint density at radius 2 is 1.70 bits per heavy atom. The van der Waals surface area contributed by atoms with Crippen LogP contribution in [0.3, 0.4) is 0 Å². The van der Waals surface area contributed by atoms with Crippen LogP contribution in [0.4, 0.5) is 10.5 Å². The number of nitrogens with two attached hydrogens (primary N) is 1. The number of carbonyl (C=O) groups excluding carboxylic acids is 6. The summed E-state index contributed by atoms with van der Waals surface area (Å²) in [6.07, 6.45) is 6.35. The lowest BCUT2D eigenvalue weighted by molar-refractivity contribution is -0.142. The van der Waals surface area contributed by atoms with Crippen LogP contribution in [-0.2, 0) is 35.3 Å². The van der Waals surface area contributed by atoms with E-state index in [1.165, 1.54) is 6.92 Å². The van der Waals surface area contributed by atoms with Crippen molar-refractivity contribution in [3.63, 3.8) is 0 Å². The van der Waals surface area contributed by atoms with Crippen LogP contribution in [0.15, 0.2) is 36.4 Å². The molecule has 2 atom stereocenters. The van der Waals surface area contributed by atoms with E-state index in [0.29, 0.717) is 31.6 Å². The summed E-state index contributed by atoms with van der Waals surface area (Å²) < 4.78 is 4.97. The summed E-state index contributed by atoms with van der Waals surface area (Å²) in [4.78, 5) is 74.6. The highest BCUT2D eigenvalue weighted by Crippen LogP contribution is 2.13. The molecule has 2 rings (SSSR count). The monoisotopic (exact) mass is 600 g/mol. The van der Waals surface area contributed by atoms with E-state index in [9.17, 15) is 28.8 Å². The molecule has 0 spiro atoms. The van der Waals surface area contributed by atoms with E-state index in [1.807, 2.05) is 6.08 Å². The predicted octanol–water partition coefficient (Wildman–Crippen LogP) is 1.72. The summed E-state index contributed by atoms with van der Waals surface area (Å²) in [7, 11) is 0. The van der Waals surface area contributed by atoms with Crippen molar-refractivity contribution in [2.24, 2.45) is 11.7 Å². The fourth-order valence-corrected chi connectivity index (χ4v) is 4.37. The normalized spacial score (nSPS) is 13.8. The topological polar surface area (TPSA) is 189 Å². The van der Waals surface area contributed by atoms with Crippen molar-refractivity contribution in [1.29, 1.82) is 0 Å². The van der Waals surface area contributed by atoms with Gasteiger partial charge in [0, 0.05) is 44.7 Å². The minimum absolute atomic E-state index is 0.00815.